The van der Waals surface area contributed by atoms with E-state index in [4.69, 9.17) is 0 Å². The lowest BCUT2D eigenvalue weighted by atomic mass is 9.84. The fourth-order valence-corrected chi connectivity index (χ4v) is 3.86. The van der Waals surface area contributed by atoms with Gasteiger partial charge in [0.15, 0.2) is 9.84 Å². The highest BCUT2D eigenvalue weighted by Gasteiger charge is 2.24. The van der Waals surface area contributed by atoms with Gasteiger partial charge in [0, 0.05) is 6.26 Å². The summed E-state index contributed by atoms with van der Waals surface area (Å²) in [6.45, 7) is 0. The predicted octanol–water partition coefficient (Wildman–Crippen LogP) is 2.92. The van der Waals surface area contributed by atoms with E-state index in [9.17, 15) is 13.2 Å². The van der Waals surface area contributed by atoms with Gasteiger partial charge < -0.3 is 4.74 Å². The minimum atomic E-state index is -3.35. The Hall–Kier alpha value is -1.36. The first-order valence-electron chi connectivity index (χ1n) is 6.86. The molecule has 0 heterocycles. The molecule has 1 saturated carbocycles. The molecule has 0 bridgehead atoms. The summed E-state index contributed by atoms with van der Waals surface area (Å²) >= 11 is 0. The van der Waals surface area contributed by atoms with E-state index in [-0.39, 0.29) is 16.4 Å². The number of carbonyl (C=O) groups is 1. The maximum Gasteiger partial charge on any atom is 0.337 e. The van der Waals surface area contributed by atoms with E-state index in [1.54, 1.807) is 12.1 Å². The lowest BCUT2D eigenvalue weighted by Crippen LogP contribution is -2.12. The van der Waals surface area contributed by atoms with Gasteiger partial charge in [-0.25, -0.2) is 13.2 Å². The summed E-state index contributed by atoms with van der Waals surface area (Å²) in [5.41, 5.74) is 1.13. The van der Waals surface area contributed by atoms with Crippen molar-refractivity contribution in [1.82, 2.24) is 0 Å². The van der Waals surface area contributed by atoms with Crippen LogP contribution in [0.4, 0.5) is 0 Å². The third-order valence-corrected chi connectivity index (χ3v) is 5.03. The summed E-state index contributed by atoms with van der Waals surface area (Å²) in [6, 6.07) is 4.88. The summed E-state index contributed by atoms with van der Waals surface area (Å²) in [4.78, 5) is 11.8. The molecule has 0 unspecified atom stereocenters. The average Bonchev–Trinajstić information content (AvgIpc) is 2.46. The summed E-state index contributed by atoms with van der Waals surface area (Å²) in [6.07, 6.45) is 6.69. The van der Waals surface area contributed by atoms with E-state index in [1.807, 2.05) is 0 Å². The first-order valence-corrected chi connectivity index (χ1v) is 8.75. The van der Waals surface area contributed by atoms with Crippen LogP contribution in [0.15, 0.2) is 23.1 Å². The van der Waals surface area contributed by atoms with E-state index in [1.165, 1.54) is 25.9 Å². The summed E-state index contributed by atoms with van der Waals surface area (Å²) in [7, 11) is -2.07. The molecule has 1 aromatic carbocycles. The largest absolute Gasteiger partial charge is 0.465 e. The molecule has 0 N–H and O–H groups in total. The third-order valence-electron chi connectivity index (χ3n) is 3.88. The molecule has 20 heavy (non-hydrogen) atoms. The van der Waals surface area contributed by atoms with Crippen molar-refractivity contribution in [2.24, 2.45) is 0 Å². The molecule has 0 aliphatic heterocycles. The van der Waals surface area contributed by atoms with Gasteiger partial charge in [0.05, 0.1) is 17.6 Å². The number of ether oxygens (including phenoxy) is 1. The van der Waals surface area contributed by atoms with Crippen LogP contribution < -0.4 is 0 Å². The van der Waals surface area contributed by atoms with Gasteiger partial charge in [0.2, 0.25) is 0 Å². The third kappa shape index (κ3) is 3.20. The molecular formula is C15H20O4S. The Bertz CT molecular complexity index is 598. The number of esters is 1. The first kappa shape index (κ1) is 15.0. The van der Waals surface area contributed by atoms with Crippen molar-refractivity contribution in [3.8, 4) is 0 Å². The lowest BCUT2D eigenvalue weighted by molar-refractivity contribution is 0.0600. The molecule has 110 valence electrons. The lowest BCUT2D eigenvalue weighted by Gasteiger charge is -2.24. The molecule has 4 nitrogen and oxygen atoms in total. The Balaban J connectivity index is 2.48. The number of methoxy groups -OCH3 is 1. The monoisotopic (exact) mass is 296 g/mol. The van der Waals surface area contributed by atoms with Crippen LogP contribution in [0.2, 0.25) is 0 Å². The van der Waals surface area contributed by atoms with Gasteiger partial charge in [0.1, 0.15) is 0 Å². The van der Waals surface area contributed by atoms with Gasteiger partial charge in [-0.05, 0) is 36.5 Å². The van der Waals surface area contributed by atoms with Crippen LogP contribution in [-0.2, 0) is 14.6 Å². The van der Waals surface area contributed by atoms with Crippen LogP contribution in [-0.4, -0.2) is 27.8 Å². The van der Waals surface area contributed by atoms with E-state index < -0.39 is 15.8 Å². The van der Waals surface area contributed by atoms with Crippen LogP contribution in [0.5, 0.6) is 0 Å². The van der Waals surface area contributed by atoms with E-state index in [0.29, 0.717) is 0 Å². The minimum absolute atomic E-state index is 0.271. The van der Waals surface area contributed by atoms with Gasteiger partial charge in [-0.2, -0.15) is 0 Å². The molecule has 2 rings (SSSR count). The van der Waals surface area contributed by atoms with Crippen LogP contribution in [0, 0.1) is 0 Å². The van der Waals surface area contributed by atoms with Crippen molar-refractivity contribution in [3.05, 3.63) is 29.3 Å². The molecule has 1 aliphatic carbocycles. The van der Waals surface area contributed by atoms with Gasteiger partial charge in [-0.15, -0.1) is 0 Å². The minimum Gasteiger partial charge on any atom is -0.465 e. The Morgan fingerprint density at radius 2 is 1.85 bits per heavy atom. The molecular weight excluding hydrogens is 276 g/mol. The number of rotatable bonds is 3. The number of hydrogen-bond donors (Lipinski definition) is 0. The quantitative estimate of drug-likeness (QED) is 0.805. The molecule has 5 heteroatoms. The summed E-state index contributed by atoms with van der Waals surface area (Å²) in [5.74, 6) is -0.231. The highest BCUT2D eigenvalue weighted by molar-refractivity contribution is 7.90. The molecule has 0 atom stereocenters. The van der Waals surface area contributed by atoms with Crippen molar-refractivity contribution < 1.29 is 17.9 Å². The van der Waals surface area contributed by atoms with Crippen LogP contribution in [0.3, 0.4) is 0 Å². The van der Waals surface area contributed by atoms with E-state index >= 15 is 0 Å². The Labute approximate surface area is 120 Å². The van der Waals surface area contributed by atoms with Crippen LogP contribution in [0.25, 0.3) is 0 Å². The molecule has 1 fully saturated rings. The smallest absolute Gasteiger partial charge is 0.337 e. The first-order chi connectivity index (χ1) is 9.43. The van der Waals surface area contributed by atoms with Gasteiger partial charge in [-0.1, -0.05) is 25.3 Å². The second-order valence-corrected chi connectivity index (χ2v) is 7.34. The number of sulfone groups is 1. The van der Waals surface area contributed by atoms with E-state index in [2.05, 4.69) is 4.74 Å². The van der Waals surface area contributed by atoms with Crippen molar-refractivity contribution in [3.63, 3.8) is 0 Å². The Morgan fingerprint density at radius 1 is 1.20 bits per heavy atom. The van der Waals surface area contributed by atoms with Crippen molar-refractivity contribution in [2.75, 3.05) is 13.4 Å². The number of hydrogen-bond acceptors (Lipinski definition) is 4. The average molecular weight is 296 g/mol. The Morgan fingerprint density at radius 3 is 2.40 bits per heavy atom. The zero-order chi connectivity index (χ0) is 14.8. The predicted molar refractivity (Wildman–Crippen MR) is 76.7 cm³/mol. The molecule has 1 aromatic rings. The Kier molecular flexibility index (Phi) is 4.48. The molecule has 0 spiro atoms. The van der Waals surface area contributed by atoms with Crippen molar-refractivity contribution in [1.29, 1.82) is 0 Å². The number of carbonyl (C=O) groups excluding carboxylic acids is 1. The normalized spacial score (nSPS) is 16.9. The summed E-state index contributed by atoms with van der Waals surface area (Å²) in [5, 5.41) is 0. The second-order valence-electron chi connectivity index (χ2n) is 5.35. The SMILES string of the molecule is COC(=O)c1ccc(C2CCCCC2)c(S(C)(=O)=O)c1. The van der Waals surface area contributed by atoms with Gasteiger partial charge in [-0.3, -0.25) is 0 Å². The fraction of sp³-hybridized carbons (Fsp3) is 0.533. The molecule has 0 amide bonds. The molecule has 0 aromatic heterocycles. The molecule has 1 aliphatic rings. The second kappa shape index (κ2) is 5.95. The summed E-state index contributed by atoms with van der Waals surface area (Å²) < 4.78 is 28.7. The van der Waals surface area contributed by atoms with Crippen molar-refractivity contribution in [2.45, 2.75) is 42.9 Å². The van der Waals surface area contributed by atoms with Crippen molar-refractivity contribution >= 4 is 15.8 Å². The topological polar surface area (TPSA) is 60.4 Å². The zero-order valence-corrected chi connectivity index (χ0v) is 12.7. The maximum absolute atomic E-state index is 12.0. The maximum atomic E-state index is 12.0. The molecule has 0 saturated heterocycles. The standard InChI is InChI=1S/C15H20O4S/c1-19-15(16)12-8-9-13(11-6-4-3-5-7-11)14(10-12)20(2,17)18/h8-11H,3-7H2,1-2H3. The van der Waals surface area contributed by atoms with Gasteiger partial charge >= 0.3 is 5.97 Å². The molecule has 0 radical (unpaired) electrons. The highest BCUT2D eigenvalue weighted by Crippen LogP contribution is 2.36. The van der Waals surface area contributed by atoms with Crippen LogP contribution in [0.1, 0.15) is 53.9 Å². The fourth-order valence-electron chi connectivity index (χ4n) is 2.85. The highest BCUT2D eigenvalue weighted by atomic mass is 32.2. The number of benzene rings is 1. The van der Waals surface area contributed by atoms with E-state index in [0.717, 1.165) is 31.2 Å². The van der Waals surface area contributed by atoms with Gasteiger partial charge in [0.25, 0.3) is 0 Å². The van der Waals surface area contributed by atoms with Crippen LogP contribution >= 0.6 is 0 Å². The zero-order valence-electron chi connectivity index (χ0n) is 11.9.